The number of aromatic nitrogens is 6. The largest absolute Gasteiger partial charge is 0.477 e. The molecule has 4 aromatic heterocycles. The lowest BCUT2D eigenvalue weighted by atomic mass is 9.94. The van der Waals surface area contributed by atoms with E-state index in [4.69, 9.17) is 19.7 Å². The first-order valence-corrected chi connectivity index (χ1v) is 22.1. The lowest BCUT2D eigenvalue weighted by Gasteiger charge is -2.44. The first-order chi connectivity index (χ1) is 29.5. The number of hydrogen-bond donors (Lipinski definition) is 2. The van der Waals surface area contributed by atoms with Gasteiger partial charge in [-0.2, -0.15) is 5.10 Å². The number of ether oxygens (including phenoxy) is 1. The van der Waals surface area contributed by atoms with Crippen molar-refractivity contribution in [1.29, 1.82) is 0 Å². The van der Waals surface area contributed by atoms with Crippen LogP contribution in [0.25, 0.3) is 22.3 Å². The summed E-state index contributed by atoms with van der Waals surface area (Å²) in [4.78, 5) is 60.4. The third-order valence-corrected chi connectivity index (χ3v) is 13.8. The number of pyridine rings is 2. The molecular formula is C46H55N11O4. The fourth-order valence-electron chi connectivity index (χ4n) is 10.6. The summed E-state index contributed by atoms with van der Waals surface area (Å²) in [6.45, 7) is 13.1. The van der Waals surface area contributed by atoms with Gasteiger partial charge in [-0.25, -0.2) is 9.67 Å². The van der Waals surface area contributed by atoms with Crippen LogP contribution >= 0.6 is 0 Å². The Morgan fingerprint density at radius 3 is 2.36 bits per heavy atom. The molecule has 5 aromatic rings. The van der Waals surface area contributed by atoms with Crippen LogP contribution in [0.4, 0.5) is 17.3 Å². The topological polar surface area (TPSA) is 156 Å². The van der Waals surface area contributed by atoms with Crippen molar-refractivity contribution in [1.82, 2.24) is 39.5 Å². The van der Waals surface area contributed by atoms with E-state index < -0.39 is 0 Å². The van der Waals surface area contributed by atoms with Crippen molar-refractivity contribution < 1.29 is 19.1 Å². The standard InChI is InChI=1S/C46H55N11O4/c1-27-21-32-23-38(47-27)42-29(3)52-53(4)45(42)61-26-31-6-5-30(22-31)25-57-40-24-34(7-9-37(40)49-46(57)51-43(32)59)55-19-17-54(18-20-55)33-13-15-56(16-14-33)39-11-10-36(48-28(39)2)35-8-12-41(58)50-44(35)60/h7,9-11,21,23-24,30-31,33,35H,5-6,8,12-20,22,25-26H2,1-4H3,(H,49,51,59)(H,50,58,60)/t30-,31+,35?/m0/s1. The Morgan fingerprint density at radius 2 is 1.57 bits per heavy atom. The van der Waals surface area contributed by atoms with E-state index in [0.717, 1.165) is 123 Å². The molecule has 15 heteroatoms. The van der Waals surface area contributed by atoms with Gasteiger partial charge in [0, 0.05) is 82.3 Å². The predicted molar refractivity (Wildman–Crippen MR) is 233 cm³/mol. The van der Waals surface area contributed by atoms with Crippen LogP contribution in [0.1, 0.15) is 84.0 Å². The minimum Gasteiger partial charge on any atom is -0.477 e. The Balaban J connectivity index is 0.828. The maximum atomic E-state index is 14.1. The summed E-state index contributed by atoms with van der Waals surface area (Å²) < 4.78 is 10.6. The second-order valence-electron chi connectivity index (χ2n) is 17.9. The summed E-state index contributed by atoms with van der Waals surface area (Å²) in [5, 5.41) is 10.3. The minimum absolute atomic E-state index is 0.205. The lowest BCUT2D eigenvalue weighted by Crippen LogP contribution is -2.53. The van der Waals surface area contributed by atoms with Gasteiger partial charge in [0.25, 0.3) is 5.91 Å². The van der Waals surface area contributed by atoms with E-state index in [1.54, 1.807) is 4.68 Å². The van der Waals surface area contributed by atoms with Crippen LogP contribution in [0, 0.1) is 32.6 Å². The van der Waals surface area contributed by atoms with Crippen LogP contribution in [0.2, 0.25) is 0 Å². The molecule has 10 rings (SSSR count). The Kier molecular flexibility index (Phi) is 10.2. The number of nitrogens with zero attached hydrogens (tertiary/aromatic N) is 9. The maximum absolute atomic E-state index is 14.1. The molecule has 15 nitrogen and oxygen atoms in total. The van der Waals surface area contributed by atoms with E-state index in [9.17, 15) is 14.4 Å². The van der Waals surface area contributed by atoms with Crippen molar-refractivity contribution in [3.63, 3.8) is 0 Å². The van der Waals surface area contributed by atoms with Gasteiger partial charge in [-0.15, -0.1) is 0 Å². The molecule has 1 aromatic carbocycles. The molecule has 3 atom stereocenters. The molecule has 0 spiro atoms. The average Bonchev–Trinajstić information content (AvgIpc) is 3.93. The number of nitrogens with one attached hydrogen (secondary N) is 2. The van der Waals surface area contributed by atoms with Gasteiger partial charge in [0.15, 0.2) is 0 Å². The van der Waals surface area contributed by atoms with Crippen molar-refractivity contribution in [2.75, 3.05) is 61.0 Å². The second kappa shape index (κ2) is 15.9. The van der Waals surface area contributed by atoms with Gasteiger partial charge in [0.2, 0.25) is 23.6 Å². The molecule has 0 radical (unpaired) electrons. The molecule has 4 fully saturated rings. The van der Waals surface area contributed by atoms with Gasteiger partial charge >= 0.3 is 0 Å². The fraction of sp³-hybridized carbons (Fsp3) is 0.500. The molecule has 61 heavy (non-hydrogen) atoms. The molecule has 8 heterocycles. The Morgan fingerprint density at radius 1 is 0.770 bits per heavy atom. The fourth-order valence-corrected chi connectivity index (χ4v) is 10.6. The van der Waals surface area contributed by atoms with Gasteiger partial charge < -0.3 is 19.1 Å². The van der Waals surface area contributed by atoms with Crippen LogP contribution in [-0.4, -0.2) is 104 Å². The summed E-state index contributed by atoms with van der Waals surface area (Å²) in [6.07, 6.45) is 6.26. The van der Waals surface area contributed by atoms with Gasteiger partial charge in [-0.1, -0.05) is 0 Å². The number of imide groups is 1. The molecule has 1 aliphatic carbocycles. The molecule has 5 aliphatic rings. The van der Waals surface area contributed by atoms with Gasteiger partial charge in [-0.3, -0.25) is 39.9 Å². The zero-order valence-corrected chi connectivity index (χ0v) is 35.6. The number of carbonyl (C=O) groups excluding carboxylic acids is 3. The number of fused-ring (bicyclic) bond motifs is 9. The number of rotatable bonds is 4. The third kappa shape index (κ3) is 7.61. The highest BCUT2D eigenvalue weighted by Crippen LogP contribution is 2.38. The van der Waals surface area contributed by atoms with E-state index in [1.165, 1.54) is 5.69 Å². The molecular weight excluding hydrogens is 771 g/mol. The number of hydrogen-bond acceptors (Lipinski definition) is 11. The SMILES string of the molecule is Cc1cc2cc(n1)-c1c(C)nn(C)c1OC[C@@H]1CC[C@@H](C1)Cn1c(nc3ccc(N4CCN(C5CCN(c6ccc(C7CCC(=O)NC7=O)nc6C)CC5)CC4)cc31)NC2=O. The van der Waals surface area contributed by atoms with Crippen LogP contribution in [0.5, 0.6) is 5.88 Å². The predicted octanol–water partition coefficient (Wildman–Crippen LogP) is 5.52. The third-order valence-electron chi connectivity index (χ3n) is 13.8. The number of carbonyl (C=O) groups is 3. The molecule has 1 unspecified atom stereocenters. The number of piperazine rings is 1. The van der Waals surface area contributed by atoms with Crippen LogP contribution in [-0.2, 0) is 23.2 Å². The van der Waals surface area contributed by atoms with Gasteiger partial charge in [-0.05, 0) is 114 Å². The number of aryl methyl sites for hydroxylation is 4. The smallest absolute Gasteiger partial charge is 0.258 e. The molecule has 318 valence electrons. The molecule has 1 saturated carbocycles. The average molecular weight is 826 g/mol. The highest BCUT2D eigenvalue weighted by atomic mass is 16.5. The van der Waals surface area contributed by atoms with E-state index in [1.807, 2.05) is 46.0 Å². The number of imidazole rings is 1. The van der Waals surface area contributed by atoms with E-state index in [2.05, 4.69) is 59.3 Å². The summed E-state index contributed by atoms with van der Waals surface area (Å²) in [5.74, 6) is 1.08. The summed E-state index contributed by atoms with van der Waals surface area (Å²) >= 11 is 0. The maximum Gasteiger partial charge on any atom is 0.258 e. The minimum atomic E-state index is -0.369. The van der Waals surface area contributed by atoms with Crippen LogP contribution < -0.4 is 25.2 Å². The Hall–Kier alpha value is -5.83. The van der Waals surface area contributed by atoms with E-state index in [-0.39, 0.29) is 23.6 Å². The Labute approximate surface area is 355 Å². The monoisotopic (exact) mass is 825 g/mol. The number of piperidine rings is 2. The van der Waals surface area contributed by atoms with Gasteiger partial charge in [0.1, 0.15) is 0 Å². The van der Waals surface area contributed by atoms with Gasteiger partial charge in [0.05, 0.1) is 57.6 Å². The number of amides is 3. The van der Waals surface area contributed by atoms with Crippen LogP contribution in [0.3, 0.4) is 0 Å². The Bertz CT molecular complexity index is 2530. The number of benzene rings is 1. The van der Waals surface area contributed by atoms with Crippen molar-refractivity contribution in [2.45, 2.75) is 84.2 Å². The zero-order valence-electron chi connectivity index (χ0n) is 35.6. The second-order valence-corrected chi connectivity index (χ2v) is 17.9. The molecule has 4 aliphatic heterocycles. The first kappa shape index (κ1) is 39.3. The van der Waals surface area contributed by atoms with Crippen molar-refractivity contribution in [2.24, 2.45) is 18.9 Å². The van der Waals surface area contributed by atoms with E-state index >= 15 is 0 Å². The lowest BCUT2D eigenvalue weighted by molar-refractivity contribution is -0.134. The molecule has 3 saturated heterocycles. The van der Waals surface area contributed by atoms with E-state index in [0.29, 0.717) is 60.4 Å². The molecule has 2 N–H and O–H groups in total. The summed E-state index contributed by atoms with van der Waals surface area (Å²) in [7, 11) is 1.90. The zero-order chi connectivity index (χ0) is 41.9. The number of anilines is 3. The van der Waals surface area contributed by atoms with Crippen molar-refractivity contribution in [3.05, 3.63) is 70.8 Å². The highest BCUT2D eigenvalue weighted by Gasteiger charge is 2.33. The van der Waals surface area contributed by atoms with Crippen molar-refractivity contribution >= 4 is 46.1 Å². The molecule has 3 amide bonds. The van der Waals surface area contributed by atoms with Crippen LogP contribution in [0.15, 0.2) is 42.5 Å². The summed E-state index contributed by atoms with van der Waals surface area (Å²) in [5.41, 5.74) is 9.49. The molecule has 4 bridgehead atoms. The normalized spacial score (nSPS) is 22.9. The quantitative estimate of drug-likeness (QED) is 0.220. The first-order valence-electron chi connectivity index (χ1n) is 22.1. The highest BCUT2D eigenvalue weighted by molar-refractivity contribution is 6.05. The van der Waals surface area contributed by atoms with Crippen molar-refractivity contribution in [3.8, 4) is 17.1 Å². The summed E-state index contributed by atoms with van der Waals surface area (Å²) in [6, 6.07) is 14.8.